The molecule has 0 saturated heterocycles. The molecule has 0 aliphatic heterocycles. The van der Waals surface area contributed by atoms with Gasteiger partial charge in [-0.05, 0) is 74.2 Å². The van der Waals surface area contributed by atoms with Gasteiger partial charge in [0, 0.05) is 18.3 Å². The van der Waals surface area contributed by atoms with Crippen molar-refractivity contribution in [2.24, 2.45) is 28.6 Å². The van der Waals surface area contributed by atoms with Crippen molar-refractivity contribution in [2.75, 3.05) is 0 Å². The van der Waals surface area contributed by atoms with Crippen LogP contribution in [-0.4, -0.2) is 11.6 Å². The predicted molar refractivity (Wildman–Crippen MR) is 86.3 cm³/mol. The highest BCUT2D eigenvalue weighted by Gasteiger charge is 2.59. The molecule has 3 fully saturated rings. The number of hydrogen-bond donors (Lipinski definition) is 0. The smallest absolute Gasteiger partial charge is 0.158 e. The number of ketones is 2. The Hall–Kier alpha value is -0.920. The van der Waals surface area contributed by atoms with E-state index in [0.717, 1.165) is 44.1 Å². The van der Waals surface area contributed by atoms with Crippen LogP contribution >= 0.6 is 0 Å². The number of Topliss-reactive ketones (excluding diaryl/α,β-unsaturated/α-hetero) is 2. The van der Waals surface area contributed by atoms with Crippen molar-refractivity contribution in [1.82, 2.24) is 0 Å². The zero-order chi connectivity index (χ0) is 15.7. The Morgan fingerprint density at radius 3 is 2.36 bits per heavy atom. The topological polar surface area (TPSA) is 34.1 Å². The van der Waals surface area contributed by atoms with E-state index in [2.05, 4.69) is 20.8 Å². The maximum Gasteiger partial charge on any atom is 0.158 e. The second-order valence-electron chi connectivity index (χ2n) is 8.78. The van der Waals surface area contributed by atoms with Crippen LogP contribution in [0.1, 0.15) is 72.1 Å². The summed E-state index contributed by atoms with van der Waals surface area (Å²) in [5.41, 5.74) is 2.74. The van der Waals surface area contributed by atoms with Gasteiger partial charge in [-0.3, -0.25) is 9.59 Å². The minimum Gasteiger partial charge on any atom is -0.299 e. The molecule has 4 rings (SSSR count). The molecule has 0 N–H and O–H groups in total. The molecule has 4 aliphatic rings. The highest BCUT2D eigenvalue weighted by molar-refractivity contribution is 5.96. The molecule has 2 nitrogen and oxygen atoms in total. The summed E-state index contributed by atoms with van der Waals surface area (Å²) in [6.07, 6.45) is 8.25. The van der Waals surface area contributed by atoms with Gasteiger partial charge < -0.3 is 0 Å². The third-order valence-corrected chi connectivity index (χ3v) is 8.12. The largest absolute Gasteiger partial charge is 0.299 e. The Morgan fingerprint density at radius 1 is 0.864 bits per heavy atom. The summed E-state index contributed by atoms with van der Waals surface area (Å²) in [6.45, 7) is 6.72. The standard InChI is InChI=1S/C20H28O2/c1-12-14-5-4-13-15-6-7-18(22)20(15,3)10-8-16(13)19(14,2)11-9-17(12)21/h13,15-16H,4-11H2,1-3H3/t13-,15-,16-,19-,20-/m0/s1. The molecule has 0 amide bonds. The van der Waals surface area contributed by atoms with Gasteiger partial charge in [0.1, 0.15) is 5.78 Å². The lowest BCUT2D eigenvalue weighted by Crippen LogP contribution is -2.51. The molecule has 0 spiro atoms. The maximum atomic E-state index is 12.4. The first-order chi connectivity index (χ1) is 10.4. The van der Waals surface area contributed by atoms with E-state index in [1.165, 1.54) is 18.4 Å². The molecule has 0 aromatic carbocycles. The summed E-state index contributed by atoms with van der Waals surface area (Å²) < 4.78 is 0. The number of rotatable bonds is 0. The lowest BCUT2D eigenvalue weighted by molar-refractivity contribution is -0.132. The third kappa shape index (κ3) is 1.67. The van der Waals surface area contributed by atoms with Crippen molar-refractivity contribution < 1.29 is 9.59 Å². The van der Waals surface area contributed by atoms with Crippen LogP contribution in [0, 0.1) is 28.6 Å². The molecule has 0 unspecified atom stereocenters. The van der Waals surface area contributed by atoms with Crippen molar-refractivity contribution >= 4 is 11.6 Å². The van der Waals surface area contributed by atoms with E-state index in [-0.39, 0.29) is 10.8 Å². The summed E-state index contributed by atoms with van der Waals surface area (Å²) in [6, 6.07) is 0. The number of hydrogen-bond acceptors (Lipinski definition) is 2. The van der Waals surface area contributed by atoms with E-state index in [4.69, 9.17) is 0 Å². The number of carbonyl (C=O) groups excluding carboxylic acids is 2. The van der Waals surface area contributed by atoms with Gasteiger partial charge in [-0.2, -0.15) is 0 Å². The zero-order valence-corrected chi connectivity index (χ0v) is 14.2. The van der Waals surface area contributed by atoms with Crippen LogP contribution in [-0.2, 0) is 9.59 Å². The monoisotopic (exact) mass is 300 g/mol. The predicted octanol–water partition coefficient (Wildman–Crippen LogP) is 4.48. The quantitative estimate of drug-likeness (QED) is 0.661. The summed E-state index contributed by atoms with van der Waals surface area (Å²) in [4.78, 5) is 24.5. The van der Waals surface area contributed by atoms with Crippen LogP contribution in [0.25, 0.3) is 0 Å². The van der Waals surface area contributed by atoms with Crippen LogP contribution in [0.3, 0.4) is 0 Å². The third-order valence-electron chi connectivity index (χ3n) is 8.12. The second-order valence-corrected chi connectivity index (χ2v) is 8.78. The van der Waals surface area contributed by atoms with Crippen molar-refractivity contribution in [3.63, 3.8) is 0 Å². The normalized spacial score (nSPS) is 48.0. The van der Waals surface area contributed by atoms with Gasteiger partial charge in [0.15, 0.2) is 5.78 Å². The fraction of sp³-hybridized carbons (Fsp3) is 0.800. The molecule has 2 heteroatoms. The van der Waals surface area contributed by atoms with Gasteiger partial charge in [0.2, 0.25) is 0 Å². The summed E-state index contributed by atoms with van der Waals surface area (Å²) >= 11 is 0. The number of fused-ring (bicyclic) bond motifs is 5. The zero-order valence-electron chi connectivity index (χ0n) is 14.2. The van der Waals surface area contributed by atoms with Crippen LogP contribution in [0.5, 0.6) is 0 Å². The fourth-order valence-corrected chi connectivity index (χ4v) is 6.75. The van der Waals surface area contributed by atoms with Gasteiger partial charge in [0.05, 0.1) is 0 Å². The van der Waals surface area contributed by atoms with Crippen LogP contribution in [0.2, 0.25) is 0 Å². The van der Waals surface area contributed by atoms with Gasteiger partial charge in [-0.1, -0.05) is 19.4 Å². The van der Waals surface area contributed by atoms with Crippen LogP contribution < -0.4 is 0 Å². The Labute approximate surface area is 133 Å². The van der Waals surface area contributed by atoms with E-state index in [0.29, 0.717) is 29.3 Å². The minimum absolute atomic E-state index is 0.0295. The second kappa shape index (κ2) is 4.55. The van der Waals surface area contributed by atoms with E-state index in [1.54, 1.807) is 0 Å². The first-order valence-corrected chi connectivity index (χ1v) is 9.14. The number of carbonyl (C=O) groups is 2. The fourth-order valence-electron chi connectivity index (χ4n) is 6.75. The lowest BCUT2D eigenvalue weighted by atomic mass is 9.47. The molecule has 0 radical (unpaired) electrons. The van der Waals surface area contributed by atoms with Crippen molar-refractivity contribution in [1.29, 1.82) is 0 Å². The molecular weight excluding hydrogens is 272 g/mol. The summed E-state index contributed by atoms with van der Waals surface area (Å²) in [7, 11) is 0. The molecule has 0 aromatic heterocycles. The molecule has 120 valence electrons. The number of allylic oxidation sites excluding steroid dienone is 1. The summed E-state index contributed by atoms with van der Waals surface area (Å²) in [5, 5.41) is 0. The average Bonchev–Trinajstić information content (AvgIpc) is 2.79. The molecule has 0 bridgehead atoms. The molecule has 0 aromatic rings. The van der Waals surface area contributed by atoms with E-state index in [9.17, 15) is 9.59 Å². The Kier molecular flexibility index (Phi) is 3.03. The average molecular weight is 300 g/mol. The van der Waals surface area contributed by atoms with Crippen LogP contribution in [0.15, 0.2) is 11.1 Å². The Bertz CT molecular complexity index is 587. The molecule has 22 heavy (non-hydrogen) atoms. The van der Waals surface area contributed by atoms with Gasteiger partial charge in [-0.15, -0.1) is 0 Å². The minimum atomic E-state index is -0.0295. The van der Waals surface area contributed by atoms with E-state index >= 15 is 0 Å². The van der Waals surface area contributed by atoms with Gasteiger partial charge >= 0.3 is 0 Å². The van der Waals surface area contributed by atoms with Crippen molar-refractivity contribution in [3.05, 3.63) is 11.1 Å². The molecular formula is C20H28O2. The van der Waals surface area contributed by atoms with Crippen molar-refractivity contribution in [3.8, 4) is 0 Å². The molecule has 0 heterocycles. The molecule has 5 atom stereocenters. The first-order valence-electron chi connectivity index (χ1n) is 9.14. The Balaban J connectivity index is 1.73. The molecule has 3 saturated carbocycles. The molecule has 4 aliphatic carbocycles. The maximum absolute atomic E-state index is 12.4. The first kappa shape index (κ1) is 14.7. The SMILES string of the molecule is CC1=C2CC[C@@H]3[C@H](CC[C@]4(C)C(=O)CC[C@@H]34)[C@@]2(C)CCC1=O. The summed E-state index contributed by atoms with van der Waals surface area (Å²) in [5.74, 6) is 2.92. The lowest BCUT2D eigenvalue weighted by Gasteiger charge is -2.57. The highest BCUT2D eigenvalue weighted by atomic mass is 16.1. The Morgan fingerprint density at radius 2 is 1.59 bits per heavy atom. The van der Waals surface area contributed by atoms with Crippen molar-refractivity contribution in [2.45, 2.75) is 72.1 Å². The highest BCUT2D eigenvalue weighted by Crippen LogP contribution is 2.64. The van der Waals surface area contributed by atoms with Crippen LogP contribution in [0.4, 0.5) is 0 Å². The van der Waals surface area contributed by atoms with Gasteiger partial charge in [0.25, 0.3) is 0 Å². The van der Waals surface area contributed by atoms with Gasteiger partial charge in [-0.25, -0.2) is 0 Å². The van der Waals surface area contributed by atoms with E-state index < -0.39 is 0 Å². The van der Waals surface area contributed by atoms with E-state index in [1.807, 2.05) is 0 Å².